The largest absolute Gasteiger partial charge is 0.482 e. The average molecular weight is 520 g/mol. The van der Waals surface area contributed by atoms with E-state index in [2.05, 4.69) is 32.7 Å². The molecule has 2 amide bonds. The molecule has 2 saturated heterocycles. The van der Waals surface area contributed by atoms with Crippen molar-refractivity contribution >= 4 is 30.1 Å². The van der Waals surface area contributed by atoms with Gasteiger partial charge in [-0.25, -0.2) is 4.79 Å². The Bertz CT molecular complexity index is 1240. The topological polar surface area (TPSA) is 90.2 Å². The third kappa shape index (κ3) is 4.15. The fourth-order valence-electron chi connectivity index (χ4n) is 7.50. The van der Waals surface area contributed by atoms with Crippen molar-refractivity contribution in [2.45, 2.75) is 76.6 Å². The molecule has 9 heteroatoms. The number of hydrogen-bond donors (Lipinski definition) is 1. The van der Waals surface area contributed by atoms with Crippen LogP contribution in [0.15, 0.2) is 47.6 Å². The number of carbonyl (C=O) groups is 2. The van der Waals surface area contributed by atoms with Gasteiger partial charge >= 0.3 is 13.2 Å². The van der Waals surface area contributed by atoms with Crippen molar-refractivity contribution in [2.24, 2.45) is 17.3 Å². The number of alkyl carbamates (subject to hydrolysis) is 1. The van der Waals surface area contributed by atoms with E-state index in [1.165, 1.54) is 6.08 Å². The van der Waals surface area contributed by atoms with Crippen LogP contribution in [0.3, 0.4) is 0 Å². The zero-order valence-corrected chi connectivity index (χ0v) is 22.5. The van der Waals surface area contributed by atoms with Crippen molar-refractivity contribution in [3.8, 4) is 0 Å². The lowest BCUT2D eigenvalue weighted by atomic mass is 9.43. The van der Waals surface area contributed by atoms with E-state index in [-0.39, 0.29) is 35.7 Å². The lowest BCUT2D eigenvalue weighted by Crippen LogP contribution is -2.65. The van der Waals surface area contributed by atoms with Crippen LogP contribution in [-0.4, -0.2) is 60.9 Å². The number of rotatable bonds is 7. The first-order valence-electron chi connectivity index (χ1n) is 13.9. The van der Waals surface area contributed by atoms with Crippen molar-refractivity contribution in [1.82, 2.24) is 10.2 Å². The number of ether oxygens (including phenoxy) is 1. The van der Waals surface area contributed by atoms with Crippen LogP contribution in [0, 0.1) is 17.3 Å². The van der Waals surface area contributed by atoms with E-state index in [9.17, 15) is 9.59 Å². The Morgan fingerprint density at radius 3 is 2.89 bits per heavy atom. The number of carbonyl (C=O) groups excluding carboxylic acids is 2. The van der Waals surface area contributed by atoms with Crippen LogP contribution in [0.1, 0.15) is 52.0 Å². The van der Waals surface area contributed by atoms with Crippen molar-refractivity contribution in [3.63, 3.8) is 0 Å². The molecule has 3 heterocycles. The Balaban J connectivity index is 1.19. The highest BCUT2D eigenvalue weighted by molar-refractivity contribution is 6.48. The van der Waals surface area contributed by atoms with E-state index in [1.54, 1.807) is 11.2 Å². The van der Waals surface area contributed by atoms with Gasteiger partial charge in [0.25, 0.3) is 0 Å². The molecular weight excluding hydrogens is 483 g/mol. The number of amides is 2. The predicted octanol–water partition coefficient (Wildman–Crippen LogP) is 4.51. The molecule has 1 aromatic heterocycles. The molecule has 2 bridgehead atoms. The second-order valence-corrected chi connectivity index (χ2v) is 12.2. The molecule has 1 N–H and O–H groups in total. The minimum Gasteiger partial charge on any atom is -0.464 e. The molecule has 202 valence electrons. The average Bonchev–Trinajstić information content (AvgIpc) is 3.62. The van der Waals surface area contributed by atoms with Gasteiger partial charge in [-0.3, -0.25) is 4.79 Å². The van der Waals surface area contributed by atoms with Crippen LogP contribution >= 0.6 is 0 Å². The minimum absolute atomic E-state index is 0.00246. The van der Waals surface area contributed by atoms with Gasteiger partial charge in [-0.1, -0.05) is 38.6 Å². The summed E-state index contributed by atoms with van der Waals surface area (Å²) in [4.78, 5) is 26.9. The summed E-state index contributed by atoms with van der Waals surface area (Å²) in [6.07, 6.45) is 6.79. The van der Waals surface area contributed by atoms with Gasteiger partial charge in [-0.2, -0.15) is 0 Å². The zero-order valence-electron chi connectivity index (χ0n) is 22.5. The number of fused-ring (bicyclic) bond motifs is 1. The molecule has 1 aromatic carbocycles. The third-order valence-corrected chi connectivity index (χ3v) is 9.84. The molecular formula is C29H37BN2O6. The molecule has 38 heavy (non-hydrogen) atoms. The number of nitrogens with zero attached hydrogens (tertiary/aromatic N) is 1. The van der Waals surface area contributed by atoms with Crippen LogP contribution < -0.4 is 5.32 Å². The highest BCUT2D eigenvalue weighted by atomic mass is 16.7. The second-order valence-electron chi connectivity index (χ2n) is 12.2. The van der Waals surface area contributed by atoms with E-state index < -0.39 is 19.2 Å². The summed E-state index contributed by atoms with van der Waals surface area (Å²) in [5.41, 5.74) is 1.61. The fourth-order valence-corrected chi connectivity index (χ4v) is 7.50. The molecule has 3 aliphatic carbocycles. The van der Waals surface area contributed by atoms with Crippen molar-refractivity contribution in [3.05, 3.63) is 48.7 Å². The maximum atomic E-state index is 13.1. The summed E-state index contributed by atoms with van der Waals surface area (Å²) in [6, 6.07) is 7.72. The first-order chi connectivity index (χ1) is 18.2. The number of benzene rings is 1. The highest BCUT2D eigenvalue weighted by Crippen LogP contribution is 2.65. The normalized spacial score (nSPS) is 32.0. The molecule has 6 atom stereocenters. The Hall–Kier alpha value is -2.78. The highest BCUT2D eigenvalue weighted by Gasteiger charge is 2.68. The van der Waals surface area contributed by atoms with Crippen molar-refractivity contribution < 1.29 is 28.1 Å². The summed E-state index contributed by atoms with van der Waals surface area (Å²) < 4.78 is 24.7. The molecule has 2 aliphatic heterocycles. The summed E-state index contributed by atoms with van der Waals surface area (Å²) in [7, 11) is -0.605. The van der Waals surface area contributed by atoms with Gasteiger partial charge < -0.3 is 28.7 Å². The van der Waals surface area contributed by atoms with E-state index in [0.717, 1.165) is 42.2 Å². The molecule has 7 rings (SSSR count). The van der Waals surface area contributed by atoms with Crippen LogP contribution in [0.4, 0.5) is 4.79 Å². The first kappa shape index (κ1) is 25.5. The quantitative estimate of drug-likeness (QED) is 0.427. The van der Waals surface area contributed by atoms with Crippen molar-refractivity contribution in [2.75, 3.05) is 13.2 Å². The summed E-state index contributed by atoms with van der Waals surface area (Å²) >= 11 is 0. The van der Waals surface area contributed by atoms with Crippen LogP contribution in [0.2, 0.25) is 0 Å². The molecule has 0 spiro atoms. The number of furan rings is 1. The van der Waals surface area contributed by atoms with Gasteiger partial charge in [0.05, 0.1) is 30.0 Å². The molecule has 0 unspecified atom stereocenters. The van der Waals surface area contributed by atoms with Crippen LogP contribution in [-0.2, 0) is 25.3 Å². The fraction of sp³-hybridized carbons (Fsp3) is 0.586. The zero-order chi connectivity index (χ0) is 26.7. The summed E-state index contributed by atoms with van der Waals surface area (Å²) in [5, 5.41) is 4.05. The lowest BCUT2D eigenvalue weighted by molar-refractivity contribution is -0.199. The van der Waals surface area contributed by atoms with Gasteiger partial charge in [0.1, 0.15) is 12.2 Å². The molecule has 0 radical (unpaired) electrons. The molecule has 8 nitrogen and oxygen atoms in total. The smallest absolute Gasteiger partial charge is 0.464 e. The molecule has 5 aliphatic rings. The number of nitrogens with one attached hydrogen (secondary N) is 1. The monoisotopic (exact) mass is 520 g/mol. The van der Waals surface area contributed by atoms with Gasteiger partial charge in [0.15, 0.2) is 0 Å². The van der Waals surface area contributed by atoms with Crippen LogP contribution in [0.5, 0.6) is 0 Å². The molecule has 2 aromatic rings. The van der Waals surface area contributed by atoms with Crippen LogP contribution in [0.25, 0.3) is 11.0 Å². The molecule has 5 fully saturated rings. The maximum absolute atomic E-state index is 13.1. The Morgan fingerprint density at radius 2 is 2.11 bits per heavy atom. The van der Waals surface area contributed by atoms with E-state index in [1.807, 2.05) is 24.3 Å². The number of para-hydroxylation sites is 1. The summed E-state index contributed by atoms with van der Waals surface area (Å²) in [5.74, 6) is 0.448. The van der Waals surface area contributed by atoms with Gasteiger partial charge in [-0.15, -0.1) is 0 Å². The SMILES string of the molecule is C=CC(=O)N1CCC[C@@H]1COC(=O)N[C@@H](Cc1coc2ccccc12)B1O[C@@H]2C[C@@H]3C[C@@H](C3(C)C)[C@]2(C)O1. The minimum atomic E-state index is -0.605. The van der Waals surface area contributed by atoms with Crippen molar-refractivity contribution in [1.29, 1.82) is 0 Å². The van der Waals surface area contributed by atoms with E-state index in [4.69, 9.17) is 18.5 Å². The Labute approximate surface area is 224 Å². The van der Waals surface area contributed by atoms with Gasteiger partial charge in [0, 0.05) is 11.9 Å². The lowest BCUT2D eigenvalue weighted by Gasteiger charge is -2.64. The number of likely N-dealkylation sites (tertiary alicyclic amines) is 1. The summed E-state index contributed by atoms with van der Waals surface area (Å²) in [6.45, 7) is 11.2. The maximum Gasteiger partial charge on any atom is 0.482 e. The van der Waals surface area contributed by atoms with Gasteiger partial charge in [-0.05, 0) is 74.0 Å². The van der Waals surface area contributed by atoms with E-state index in [0.29, 0.717) is 24.8 Å². The van der Waals surface area contributed by atoms with E-state index >= 15 is 0 Å². The first-order valence-corrected chi connectivity index (χ1v) is 13.9. The standard InChI is InChI=1S/C29H37BN2O6/c1-5-26(33)32-12-8-9-20(32)17-36-27(34)31-25(13-18-16-35-22-11-7-6-10-21(18)22)30-37-24-15-19-14-23(28(19,2)3)29(24,4)38-30/h5-7,10-11,16,19-20,23-25H,1,8-9,12-15,17H2,2-4H3,(H,31,34)/t19-,20+,23-,24+,25-,29-/m0/s1. The second kappa shape index (κ2) is 9.45. The Kier molecular flexibility index (Phi) is 6.34. The Morgan fingerprint density at radius 1 is 1.29 bits per heavy atom. The third-order valence-electron chi connectivity index (χ3n) is 9.84. The molecule has 3 saturated carbocycles. The van der Waals surface area contributed by atoms with Gasteiger partial charge in [0.2, 0.25) is 5.91 Å². The number of hydrogen-bond acceptors (Lipinski definition) is 6. The predicted molar refractivity (Wildman–Crippen MR) is 143 cm³/mol.